The summed E-state index contributed by atoms with van der Waals surface area (Å²) in [6.07, 6.45) is 9.92. The molecular weight excluding hydrogens is 329 g/mol. The molecular formula is C21H26FN3O. The summed E-state index contributed by atoms with van der Waals surface area (Å²) in [5, 5.41) is 0. The fourth-order valence-corrected chi connectivity index (χ4v) is 3.89. The van der Waals surface area contributed by atoms with Gasteiger partial charge in [0.1, 0.15) is 11.6 Å². The van der Waals surface area contributed by atoms with E-state index in [1.165, 1.54) is 25.0 Å². The van der Waals surface area contributed by atoms with E-state index in [9.17, 15) is 9.18 Å². The van der Waals surface area contributed by atoms with E-state index in [2.05, 4.69) is 15.7 Å². The lowest BCUT2D eigenvalue weighted by Crippen LogP contribution is -2.39. The van der Waals surface area contributed by atoms with Crippen molar-refractivity contribution in [2.45, 2.75) is 51.0 Å². The molecule has 1 saturated heterocycles. The second kappa shape index (κ2) is 7.60. The Morgan fingerprint density at radius 3 is 2.77 bits per heavy atom. The van der Waals surface area contributed by atoms with Gasteiger partial charge in [-0.25, -0.2) is 9.37 Å². The highest BCUT2D eigenvalue weighted by Crippen LogP contribution is 2.33. The molecule has 0 spiro atoms. The Morgan fingerprint density at radius 1 is 1.19 bits per heavy atom. The Morgan fingerprint density at radius 2 is 2.00 bits per heavy atom. The van der Waals surface area contributed by atoms with Crippen LogP contribution in [0.2, 0.25) is 0 Å². The van der Waals surface area contributed by atoms with Gasteiger partial charge >= 0.3 is 0 Å². The van der Waals surface area contributed by atoms with E-state index < -0.39 is 0 Å². The zero-order valence-corrected chi connectivity index (χ0v) is 15.1. The Labute approximate surface area is 154 Å². The zero-order valence-electron chi connectivity index (χ0n) is 15.1. The number of piperidine rings is 1. The summed E-state index contributed by atoms with van der Waals surface area (Å²) in [5.74, 6) is 2.26. The summed E-state index contributed by atoms with van der Waals surface area (Å²) in [6, 6.07) is 6.43. The van der Waals surface area contributed by atoms with E-state index in [-0.39, 0.29) is 11.7 Å². The van der Waals surface area contributed by atoms with Crippen LogP contribution in [-0.2, 0) is 17.8 Å². The SMILES string of the molecule is O=C(CCc1ccc(F)cc1)N1CCC[C@H](c2nccn2CC2CC2)C1. The molecule has 0 N–H and O–H groups in total. The highest BCUT2D eigenvalue weighted by atomic mass is 19.1. The second-order valence-electron chi connectivity index (χ2n) is 7.69. The molecule has 5 heteroatoms. The number of likely N-dealkylation sites (tertiary alicyclic amines) is 1. The molecule has 1 aromatic carbocycles. The van der Waals surface area contributed by atoms with Crippen molar-refractivity contribution in [3.8, 4) is 0 Å². The van der Waals surface area contributed by atoms with Crippen LogP contribution in [0.1, 0.15) is 49.4 Å². The molecule has 1 aliphatic carbocycles. The number of hydrogen-bond acceptors (Lipinski definition) is 2. The third kappa shape index (κ3) is 4.14. The second-order valence-corrected chi connectivity index (χ2v) is 7.69. The molecule has 0 bridgehead atoms. The largest absolute Gasteiger partial charge is 0.342 e. The third-order valence-electron chi connectivity index (χ3n) is 5.58. The summed E-state index contributed by atoms with van der Waals surface area (Å²) in [6.45, 7) is 2.68. The van der Waals surface area contributed by atoms with Crippen LogP contribution in [0.3, 0.4) is 0 Å². The fourth-order valence-electron chi connectivity index (χ4n) is 3.89. The molecule has 1 atom stereocenters. The van der Waals surface area contributed by atoms with Crippen LogP contribution in [0, 0.1) is 11.7 Å². The molecule has 0 unspecified atom stereocenters. The number of hydrogen-bond donors (Lipinski definition) is 0. The number of carbonyl (C=O) groups is 1. The summed E-state index contributed by atoms with van der Waals surface area (Å²) in [5.41, 5.74) is 1.01. The number of aromatic nitrogens is 2. The minimum Gasteiger partial charge on any atom is -0.342 e. The number of halogens is 1. The van der Waals surface area contributed by atoms with E-state index in [0.717, 1.165) is 49.8 Å². The molecule has 2 aromatic rings. The third-order valence-corrected chi connectivity index (χ3v) is 5.58. The summed E-state index contributed by atoms with van der Waals surface area (Å²) < 4.78 is 15.3. The normalized spacial score (nSPS) is 20.3. The molecule has 2 fully saturated rings. The molecule has 1 saturated carbocycles. The van der Waals surface area contributed by atoms with Gasteiger partial charge in [-0.3, -0.25) is 4.79 Å². The van der Waals surface area contributed by atoms with Crippen LogP contribution in [0.4, 0.5) is 4.39 Å². The van der Waals surface area contributed by atoms with Crippen LogP contribution in [0.15, 0.2) is 36.7 Å². The topological polar surface area (TPSA) is 38.1 Å². The maximum absolute atomic E-state index is 13.0. The Bertz CT molecular complexity index is 751. The van der Waals surface area contributed by atoms with E-state index >= 15 is 0 Å². The predicted octanol–water partition coefficient (Wildman–Crippen LogP) is 3.77. The molecule has 2 aliphatic rings. The molecule has 4 rings (SSSR count). The lowest BCUT2D eigenvalue weighted by atomic mass is 9.96. The average molecular weight is 355 g/mol. The quantitative estimate of drug-likeness (QED) is 0.791. The van der Waals surface area contributed by atoms with Gasteiger partial charge in [-0.1, -0.05) is 12.1 Å². The monoisotopic (exact) mass is 355 g/mol. The van der Waals surface area contributed by atoms with Gasteiger partial charge in [0.15, 0.2) is 0 Å². The maximum atomic E-state index is 13.0. The lowest BCUT2D eigenvalue weighted by Gasteiger charge is -2.33. The molecule has 0 radical (unpaired) electrons. The maximum Gasteiger partial charge on any atom is 0.222 e. The number of nitrogens with zero attached hydrogens (tertiary/aromatic N) is 3. The molecule has 138 valence electrons. The van der Waals surface area contributed by atoms with Crippen molar-refractivity contribution in [3.05, 3.63) is 53.9 Å². The van der Waals surface area contributed by atoms with Gasteiger partial charge in [0.2, 0.25) is 5.91 Å². The average Bonchev–Trinajstić information content (AvgIpc) is 3.36. The zero-order chi connectivity index (χ0) is 17.9. The van der Waals surface area contributed by atoms with Crippen LogP contribution < -0.4 is 0 Å². The summed E-state index contributed by atoms with van der Waals surface area (Å²) in [4.78, 5) is 19.3. The van der Waals surface area contributed by atoms with Crippen LogP contribution in [0.25, 0.3) is 0 Å². The first-order valence-corrected chi connectivity index (χ1v) is 9.72. The first-order valence-electron chi connectivity index (χ1n) is 9.72. The predicted molar refractivity (Wildman–Crippen MR) is 98.2 cm³/mol. The van der Waals surface area contributed by atoms with Gasteiger partial charge in [-0.15, -0.1) is 0 Å². The molecule has 2 heterocycles. The Balaban J connectivity index is 1.34. The number of aryl methyl sites for hydroxylation is 1. The Kier molecular flexibility index (Phi) is 5.05. The van der Waals surface area contributed by atoms with Crippen molar-refractivity contribution >= 4 is 5.91 Å². The van der Waals surface area contributed by atoms with Gasteiger partial charge in [0, 0.05) is 44.4 Å². The highest BCUT2D eigenvalue weighted by molar-refractivity contribution is 5.76. The standard InChI is InChI=1S/C21H26FN3O/c22-19-8-5-16(6-9-19)7-10-20(26)24-12-1-2-18(15-24)21-23-11-13-25(21)14-17-3-4-17/h5-6,8-9,11,13,17-18H,1-4,7,10,12,14-15H2/t18-/m0/s1. The molecule has 1 amide bonds. The van der Waals surface area contributed by atoms with Crippen molar-refractivity contribution in [1.29, 1.82) is 0 Å². The van der Waals surface area contributed by atoms with Gasteiger partial charge in [0.25, 0.3) is 0 Å². The molecule has 1 aromatic heterocycles. The van der Waals surface area contributed by atoms with E-state index in [0.29, 0.717) is 18.8 Å². The van der Waals surface area contributed by atoms with E-state index in [4.69, 9.17) is 0 Å². The van der Waals surface area contributed by atoms with Crippen molar-refractivity contribution in [2.24, 2.45) is 5.92 Å². The van der Waals surface area contributed by atoms with E-state index in [1.807, 2.05) is 11.1 Å². The van der Waals surface area contributed by atoms with Crippen LogP contribution in [-0.4, -0.2) is 33.4 Å². The van der Waals surface area contributed by atoms with Gasteiger partial charge in [0.05, 0.1) is 0 Å². The smallest absolute Gasteiger partial charge is 0.222 e. The van der Waals surface area contributed by atoms with Crippen molar-refractivity contribution in [3.63, 3.8) is 0 Å². The van der Waals surface area contributed by atoms with Crippen molar-refractivity contribution in [2.75, 3.05) is 13.1 Å². The van der Waals surface area contributed by atoms with Gasteiger partial charge < -0.3 is 9.47 Å². The number of imidazole rings is 1. The number of benzene rings is 1. The molecule has 26 heavy (non-hydrogen) atoms. The fraction of sp³-hybridized carbons (Fsp3) is 0.524. The molecule has 4 nitrogen and oxygen atoms in total. The number of carbonyl (C=O) groups excluding carboxylic acids is 1. The highest BCUT2D eigenvalue weighted by Gasteiger charge is 2.29. The van der Waals surface area contributed by atoms with Crippen LogP contribution in [0.5, 0.6) is 0 Å². The first-order chi connectivity index (χ1) is 12.7. The minimum atomic E-state index is -0.236. The number of rotatable bonds is 6. The van der Waals surface area contributed by atoms with Crippen LogP contribution >= 0.6 is 0 Å². The molecule has 1 aliphatic heterocycles. The first kappa shape index (κ1) is 17.3. The van der Waals surface area contributed by atoms with Gasteiger partial charge in [-0.05, 0) is 55.7 Å². The van der Waals surface area contributed by atoms with Crippen molar-refractivity contribution < 1.29 is 9.18 Å². The minimum absolute atomic E-state index is 0.194. The van der Waals surface area contributed by atoms with Crippen molar-refractivity contribution in [1.82, 2.24) is 14.5 Å². The summed E-state index contributed by atoms with van der Waals surface area (Å²) >= 11 is 0. The number of amides is 1. The van der Waals surface area contributed by atoms with E-state index in [1.54, 1.807) is 12.1 Å². The lowest BCUT2D eigenvalue weighted by molar-refractivity contribution is -0.132. The van der Waals surface area contributed by atoms with Gasteiger partial charge in [-0.2, -0.15) is 0 Å². The Hall–Kier alpha value is -2.17. The summed E-state index contributed by atoms with van der Waals surface area (Å²) in [7, 11) is 0.